The van der Waals surface area contributed by atoms with Gasteiger partial charge >= 0.3 is 0 Å². The number of carbonyl (C=O) groups is 1. The molecule has 1 amide bonds. The molecule has 1 aromatic rings. The molecule has 21 heavy (non-hydrogen) atoms. The van der Waals surface area contributed by atoms with Crippen molar-refractivity contribution in [2.45, 2.75) is 32.7 Å². The van der Waals surface area contributed by atoms with E-state index in [2.05, 4.69) is 15.2 Å². The molecule has 0 bridgehead atoms. The number of furan rings is 1. The fourth-order valence-electron chi connectivity index (χ4n) is 2.69. The van der Waals surface area contributed by atoms with Gasteiger partial charge in [0.2, 0.25) is 5.91 Å². The van der Waals surface area contributed by atoms with E-state index in [-0.39, 0.29) is 5.91 Å². The molecular weight excluding hydrogens is 268 g/mol. The molecular formula is C15H24N4O2. The van der Waals surface area contributed by atoms with Crippen molar-refractivity contribution in [1.29, 1.82) is 0 Å². The predicted octanol–water partition coefficient (Wildman–Crippen LogP) is 1.33. The number of nitrogens with two attached hydrogens (primary N) is 1. The van der Waals surface area contributed by atoms with Crippen molar-refractivity contribution >= 4 is 11.9 Å². The first kappa shape index (κ1) is 15.4. The third kappa shape index (κ3) is 4.81. The van der Waals surface area contributed by atoms with Crippen molar-refractivity contribution in [3.8, 4) is 0 Å². The van der Waals surface area contributed by atoms with Gasteiger partial charge in [-0.2, -0.15) is 0 Å². The van der Waals surface area contributed by atoms with Gasteiger partial charge in [-0.15, -0.1) is 0 Å². The van der Waals surface area contributed by atoms with Crippen LogP contribution in [-0.4, -0.2) is 36.4 Å². The van der Waals surface area contributed by atoms with E-state index in [9.17, 15) is 4.79 Å². The summed E-state index contributed by atoms with van der Waals surface area (Å²) in [4.78, 5) is 17.9. The first-order valence-corrected chi connectivity index (χ1v) is 7.53. The topological polar surface area (TPSA) is 83.9 Å². The molecule has 6 heteroatoms. The summed E-state index contributed by atoms with van der Waals surface area (Å²) in [6, 6.07) is 3.78. The molecule has 1 saturated heterocycles. The Balaban J connectivity index is 1.99. The van der Waals surface area contributed by atoms with Gasteiger partial charge in [0, 0.05) is 26.1 Å². The zero-order valence-corrected chi connectivity index (χ0v) is 12.5. The summed E-state index contributed by atoms with van der Waals surface area (Å²) >= 11 is 0. The van der Waals surface area contributed by atoms with E-state index < -0.39 is 0 Å². The predicted molar refractivity (Wildman–Crippen MR) is 81.6 cm³/mol. The fraction of sp³-hybridized carbons (Fsp3) is 0.600. The van der Waals surface area contributed by atoms with Crippen molar-refractivity contribution < 1.29 is 9.21 Å². The Hall–Kier alpha value is -1.98. The normalized spacial score (nSPS) is 19.6. The molecule has 1 atom stereocenters. The van der Waals surface area contributed by atoms with Gasteiger partial charge in [0.1, 0.15) is 12.3 Å². The van der Waals surface area contributed by atoms with E-state index in [0.29, 0.717) is 18.9 Å². The molecule has 0 radical (unpaired) electrons. The van der Waals surface area contributed by atoms with Gasteiger partial charge in [-0.3, -0.25) is 4.79 Å². The Bertz CT molecular complexity index is 470. The van der Waals surface area contributed by atoms with E-state index in [1.54, 1.807) is 6.26 Å². The van der Waals surface area contributed by atoms with E-state index in [1.165, 1.54) is 0 Å². The van der Waals surface area contributed by atoms with Gasteiger partial charge < -0.3 is 20.4 Å². The minimum atomic E-state index is -0.223. The molecule has 0 saturated carbocycles. The van der Waals surface area contributed by atoms with Gasteiger partial charge in [-0.05, 0) is 37.8 Å². The molecule has 2 heterocycles. The second kappa shape index (κ2) is 7.71. The largest absolute Gasteiger partial charge is 0.467 e. The number of carbonyl (C=O) groups excluding carboxylic acids is 1. The maximum atomic E-state index is 11.1. The summed E-state index contributed by atoms with van der Waals surface area (Å²) in [5, 5.41) is 3.31. The lowest BCUT2D eigenvalue weighted by atomic mass is 9.95. The lowest BCUT2D eigenvalue weighted by Gasteiger charge is -2.34. The zero-order valence-electron chi connectivity index (χ0n) is 12.5. The van der Waals surface area contributed by atoms with E-state index in [4.69, 9.17) is 10.2 Å². The number of hydrogen-bond donors (Lipinski definition) is 2. The lowest BCUT2D eigenvalue weighted by Crippen LogP contribution is -2.47. The van der Waals surface area contributed by atoms with Crippen molar-refractivity contribution in [2.24, 2.45) is 16.6 Å². The number of piperidine rings is 1. The monoisotopic (exact) mass is 292 g/mol. The minimum absolute atomic E-state index is 0.223. The van der Waals surface area contributed by atoms with Crippen molar-refractivity contribution in [2.75, 3.05) is 19.6 Å². The van der Waals surface area contributed by atoms with Crippen LogP contribution in [0.5, 0.6) is 0 Å². The highest BCUT2D eigenvalue weighted by Crippen LogP contribution is 2.19. The highest BCUT2D eigenvalue weighted by Gasteiger charge is 2.23. The van der Waals surface area contributed by atoms with Crippen LogP contribution in [0.2, 0.25) is 0 Å². The number of likely N-dealkylation sites (tertiary alicyclic amines) is 1. The first-order chi connectivity index (χ1) is 10.2. The Kier molecular flexibility index (Phi) is 5.66. The fourth-order valence-corrected chi connectivity index (χ4v) is 2.69. The standard InChI is InChI=1S/C15H24N4O2/c1-2-17-15(18-10-13-6-4-8-21-13)19-7-3-5-12(11-19)9-14(16)20/h4,6,8,12H,2-3,5,7,9-11H2,1H3,(H2,16,20)(H,17,18). The maximum absolute atomic E-state index is 11.1. The van der Waals surface area contributed by atoms with Crippen LogP contribution in [0.15, 0.2) is 27.8 Å². The van der Waals surface area contributed by atoms with Crippen LogP contribution in [-0.2, 0) is 11.3 Å². The Morgan fingerprint density at radius 1 is 1.62 bits per heavy atom. The average molecular weight is 292 g/mol. The third-order valence-electron chi connectivity index (χ3n) is 3.61. The molecule has 1 aliphatic heterocycles. The summed E-state index contributed by atoms with van der Waals surface area (Å²) in [6.45, 7) is 5.17. The molecule has 2 rings (SSSR count). The number of rotatable bonds is 5. The quantitative estimate of drug-likeness (QED) is 0.633. The van der Waals surface area contributed by atoms with Gasteiger partial charge in [0.15, 0.2) is 5.96 Å². The number of nitrogens with one attached hydrogen (secondary N) is 1. The molecule has 3 N–H and O–H groups in total. The van der Waals surface area contributed by atoms with Gasteiger partial charge in [-0.1, -0.05) is 0 Å². The van der Waals surface area contributed by atoms with Crippen LogP contribution >= 0.6 is 0 Å². The molecule has 1 aliphatic rings. The van der Waals surface area contributed by atoms with E-state index in [0.717, 1.165) is 44.2 Å². The highest BCUT2D eigenvalue weighted by atomic mass is 16.3. The molecule has 0 aliphatic carbocycles. The minimum Gasteiger partial charge on any atom is -0.467 e. The van der Waals surface area contributed by atoms with Gasteiger partial charge in [-0.25, -0.2) is 4.99 Å². The van der Waals surface area contributed by atoms with Crippen molar-refractivity contribution in [1.82, 2.24) is 10.2 Å². The second-order valence-electron chi connectivity index (χ2n) is 5.37. The lowest BCUT2D eigenvalue weighted by molar-refractivity contribution is -0.119. The molecule has 1 fully saturated rings. The SMILES string of the molecule is CCNC(=NCc1ccco1)N1CCCC(CC(N)=O)C1. The van der Waals surface area contributed by atoms with Crippen LogP contribution in [0.3, 0.4) is 0 Å². The third-order valence-corrected chi connectivity index (χ3v) is 3.61. The van der Waals surface area contributed by atoms with Crippen LogP contribution in [0.1, 0.15) is 31.9 Å². The molecule has 1 unspecified atom stereocenters. The van der Waals surface area contributed by atoms with Gasteiger partial charge in [0.25, 0.3) is 0 Å². The van der Waals surface area contributed by atoms with Crippen LogP contribution in [0.25, 0.3) is 0 Å². The highest BCUT2D eigenvalue weighted by molar-refractivity contribution is 5.80. The maximum Gasteiger partial charge on any atom is 0.217 e. The van der Waals surface area contributed by atoms with Crippen LogP contribution in [0, 0.1) is 5.92 Å². The Morgan fingerprint density at radius 3 is 3.14 bits per heavy atom. The number of hydrogen-bond acceptors (Lipinski definition) is 3. The van der Waals surface area contributed by atoms with Crippen molar-refractivity contribution in [3.63, 3.8) is 0 Å². The molecule has 0 aromatic carbocycles. The van der Waals surface area contributed by atoms with Crippen molar-refractivity contribution in [3.05, 3.63) is 24.2 Å². The number of guanidine groups is 1. The van der Waals surface area contributed by atoms with Crippen LogP contribution < -0.4 is 11.1 Å². The molecule has 116 valence electrons. The molecule has 1 aromatic heterocycles. The summed E-state index contributed by atoms with van der Waals surface area (Å²) in [6.07, 6.45) is 4.22. The summed E-state index contributed by atoms with van der Waals surface area (Å²) in [5.41, 5.74) is 5.31. The summed E-state index contributed by atoms with van der Waals surface area (Å²) < 4.78 is 5.31. The van der Waals surface area contributed by atoms with Gasteiger partial charge in [0.05, 0.1) is 6.26 Å². The number of primary amides is 1. The molecule has 0 spiro atoms. The molecule has 6 nitrogen and oxygen atoms in total. The smallest absolute Gasteiger partial charge is 0.217 e. The second-order valence-corrected chi connectivity index (χ2v) is 5.37. The zero-order chi connectivity index (χ0) is 15.1. The number of aliphatic imine (C=N–C) groups is 1. The average Bonchev–Trinajstić information content (AvgIpc) is 2.96. The first-order valence-electron chi connectivity index (χ1n) is 7.53. The Morgan fingerprint density at radius 2 is 2.48 bits per heavy atom. The van der Waals surface area contributed by atoms with E-state index in [1.807, 2.05) is 19.1 Å². The van der Waals surface area contributed by atoms with E-state index >= 15 is 0 Å². The summed E-state index contributed by atoms with van der Waals surface area (Å²) in [7, 11) is 0. The number of nitrogens with zero attached hydrogens (tertiary/aromatic N) is 2. The van der Waals surface area contributed by atoms with Crippen LogP contribution in [0.4, 0.5) is 0 Å². The summed E-state index contributed by atoms with van der Waals surface area (Å²) in [5.74, 6) is 1.82. The Labute approximate surface area is 125 Å². The number of amides is 1.